The van der Waals surface area contributed by atoms with Gasteiger partial charge in [0.1, 0.15) is 0 Å². The van der Waals surface area contributed by atoms with Crippen molar-refractivity contribution in [2.24, 2.45) is 0 Å². The molecule has 1 fully saturated rings. The van der Waals surface area contributed by atoms with E-state index < -0.39 is 0 Å². The van der Waals surface area contributed by atoms with Crippen LogP contribution in [-0.2, 0) is 4.74 Å². The Kier molecular flexibility index (Phi) is 6.70. The summed E-state index contributed by atoms with van der Waals surface area (Å²) < 4.78 is 4.99. The molecule has 0 aliphatic carbocycles. The minimum Gasteiger partial charge on any atom is -0.450 e. The maximum absolute atomic E-state index is 12.2. The van der Waals surface area contributed by atoms with E-state index in [1.165, 1.54) is 4.88 Å². The number of nitrogens with zero attached hydrogens (tertiary/aromatic N) is 1. The number of piperidine rings is 1. The van der Waals surface area contributed by atoms with E-state index in [1.54, 1.807) is 23.2 Å². The van der Waals surface area contributed by atoms with Crippen molar-refractivity contribution in [1.29, 1.82) is 0 Å². The van der Waals surface area contributed by atoms with Gasteiger partial charge in [-0.05, 0) is 37.6 Å². The van der Waals surface area contributed by atoms with E-state index in [1.807, 2.05) is 17.5 Å². The molecule has 2 rings (SSSR count). The summed E-state index contributed by atoms with van der Waals surface area (Å²) in [5.41, 5.74) is 0. The third-order valence-corrected chi connectivity index (χ3v) is 4.94. The van der Waals surface area contributed by atoms with Crippen molar-refractivity contribution < 1.29 is 14.3 Å². The number of rotatable bonds is 5. The summed E-state index contributed by atoms with van der Waals surface area (Å²) >= 11 is 1.65. The average Bonchev–Trinajstić information content (AvgIpc) is 3.08. The third kappa shape index (κ3) is 5.13. The minimum atomic E-state index is -0.265. The summed E-state index contributed by atoms with van der Waals surface area (Å²) in [6.07, 6.45) is 2.10. The van der Waals surface area contributed by atoms with Gasteiger partial charge in [-0.1, -0.05) is 13.0 Å². The maximum atomic E-state index is 12.2. The highest BCUT2D eigenvalue weighted by Gasteiger charge is 2.25. The fourth-order valence-corrected chi connectivity index (χ4v) is 3.53. The van der Waals surface area contributed by atoms with Crippen molar-refractivity contribution in [1.82, 2.24) is 15.5 Å². The molecule has 1 unspecified atom stereocenters. The summed E-state index contributed by atoms with van der Waals surface area (Å²) in [4.78, 5) is 26.7. The van der Waals surface area contributed by atoms with Gasteiger partial charge in [-0.3, -0.25) is 0 Å². The molecule has 2 N–H and O–H groups in total. The molecule has 1 aliphatic heterocycles. The zero-order valence-electron chi connectivity index (χ0n) is 13.7. The molecule has 2 heterocycles. The largest absolute Gasteiger partial charge is 0.450 e. The molecule has 0 aromatic carbocycles. The highest BCUT2D eigenvalue weighted by molar-refractivity contribution is 7.10. The van der Waals surface area contributed by atoms with Gasteiger partial charge < -0.3 is 20.3 Å². The molecule has 23 heavy (non-hydrogen) atoms. The van der Waals surface area contributed by atoms with Crippen molar-refractivity contribution in [3.05, 3.63) is 22.4 Å². The lowest BCUT2D eigenvalue weighted by molar-refractivity contribution is 0.0957. The molecular formula is C16H25N3O3S. The number of hydrogen-bond donors (Lipinski definition) is 2. The number of carbonyl (C=O) groups is 2. The second kappa shape index (κ2) is 8.76. The van der Waals surface area contributed by atoms with Gasteiger partial charge in [0.2, 0.25) is 0 Å². The van der Waals surface area contributed by atoms with Crippen molar-refractivity contribution in [2.45, 2.75) is 45.2 Å². The first-order chi connectivity index (χ1) is 11.1. The maximum Gasteiger partial charge on any atom is 0.409 e. The van der Waals surface area contributed by atoms with Gasteiger partial charge >= 0.3 is 12.1 Å². The molecule has 7 heteroatoms. The Morgan fingerprint density at radius 3 is 2.70 bits per heavy atom. The van der Waals surface area contributed by atoms with Crippen LogP contribution in [0.4, 0.5) is 9.59 Å². The molecule has 0 saturated carbocycles. The van der Waals surface area contributed by atoms with E-state index in [4.69, 9.17) is 4.74 Å². The van der Waals surface area contributed by atoms with Crippen LogP contribution in [0.1, 0.15) is 44.0 Å². The number of hydrogen-bond acceptors (Lipinski definition) is 4. The predicted molar refractivity (Wildman–Crippen MR) is 90.6 cm³/mol. The fourth-order valence-electron chi connectivity index (χ4n) is 2.67. The first-order valence-corrected chi connectivity index (χ1v) is 9.04. The summed E-state index contributed by atoms with van der Waals surface area (Å²) in [6.45, 7) is 5.48. The quantitative estimate of drug-likeness (QED) is 0.866. The Labute approximate surface area is 141 Å². The third-order valence-electron chi connectivity index (χ3n) is 3.96. The van der Waals surface area contributed by atoms with Crippen LogP contribution in [0.2, 0.25) is 0 Å². The molecule has 1 aromatic heterocycles. The molecule has 1 aromatic rings. The number of likely N-dealkylation sites (tertiary alicyclic amines) is 1. The van der Waals surface area contributed by atoms with Gasteiger partial charge in [0, 0.05) is 24.0 Å². The number of amides is 3. The van der Waals surface area contributed by atoms with Crippen LogP contribution in [0.5, 0.6) is 0 Å². The standard InChI is InChI=1S/C16H25N3O3S/c1-3-13(14-6-5-11-23-14)18-15(20)17-12-7-9-19(10-8-12)16(21)22-4-2/h5-6,11-13H,3-4,7-10H2,1-2H3,(H2,17,18,20). The Hall–Kier alpha value is -1.76. The molecule has 0 spiro atoms. The topological polar surface area (TPSA) is 70.7 Å². The zero-order valence-corrected chi connectivity index (χ0v) is 14.5. The number of thiophene rings is 1. The Bertz CT molecular complexity index is 499. The second-order valence-corrected chi connectivity index (χ2v) is 6.53. The van der Waals surface area contributed by atoms with E-state index >= 15 is 0 Å². The number of ether oxygens (including phenoxy) is 1. The van der Waals surface area contributed by atoms with Crippen LogP contribution in [-0.4, -0.2) is 42.8 Å². The SMILES string of the molecule is CCOC(=O)N1CCC(NC(=O)NC(CC)c2cccs2)CC1. The van der Waals surface area contributed by atoms with Gasteiger partial charge in [-0.2, -0.15) is 0 Å². The fraction of sp³-hybridized carbons (Fsp3) is 0.625. The van der Waals surface area contributed by atoms with Gasteiger partial charge in [0.05, 0.1) is 12.6 Å². The Morgan fingerprint density at radius 2 is 2.13 bits per heavy atom. The van der Waals surface area contributed by atoms with E-state index in [0.717, 1.165) is 19.3 Å². The van der Waals surface area contributed by atoms with E-state index in [0.29, 0.717) is 19.7 Å². The lowest BCUT2D eigenvalue weighted by Gasteiger charge is -2.32. The lowest BCUT2D eigenvalue weighted by Crippen LogP contribution is -2.49. The molecule has 0 radical (unpaired) electrons. The summed E-state index contributed by atoms with van der Waals surface area (Å²) in [5, 5.41) is 8.06. The van der Waals surface area contributed by atoms with E-state index in [9.17, 15) is 9.59 Å². The lowest BCUT2D eigenvalue weighted by atomic mass is 10.1. The highest BCUT2D eigenvalue weighted by atomic mass is 32.1. The van der Waals surface area contributed by atoms with Crippen LogP contribution >= 0.6 is 11.3 Å². The molecule has 1 aliphatic rings. The zero-order chi connectivity index (χ0) is 16.7. The molecule has 3 amide bonds. The number of carbonyl (C=O) groups excluding carboxylic acids is 2. The van der Waals surface area contributed by atoms with Crippen molar-refractivity contribution in [3.8, 4) is 0 Å². The van der Waals surface area contributed by atoms with E-state index in [2.05, 4.69) is 17.6 Å². The first-order valence-electron chi connectivity index (χ1n) is 8.16. The first kappa shape index (κ1) is 17.6. The van der Waals surface area contributed by atoms with Crippen LogP contribution in [0.25, 0.3) is 0 Å². The van der Waals surface area contributed by atoms with Crippen molar-refractivity contribution in [2.75, 3.05) is 19.7 Å². The van der Waals surface area contributed by atoms with Gasteiger partial charge in [0.15, 0.2) is 0 Å². The molecule has 6 nitrogen and oxygen atoms in total. The molecule has 128 valence electrons. The molecule has 0 bridgehead atoms. The normalized spacial score (nSPS) is 16.7. The summed E-state index contributed by atoms with van der Waals surface area (Å²) in [7, 11) is 0. The minimum absolute atomic E-state index is 0.0506. The Balaban J connectivity index is 1.75. The van der Waals surface area contributed by atoms with Gasteiger partial charge in [0.25, 0.3) is 0 Å². The number of nitrogens with one attached hydrogen (secondary N) is 2. The molecule has 1 atom stereocenters. The monoisotopic (exact) mass is 339 g/mol. The predicted octanol–water partition coefficient (Wildman–Crippen LogP) is 3.12. The van der Waals surface area contributed by atoms with Crippen molar-refractivity contribution >= 4 is 23.5 Å². The van der Waals surface area contributed by atoms with Crippen LogP contribution in [0.15, 0.2) is 17.5 Å². The number of urea groups is 1. The van der Waals surface area contributed by atoms with Crippen LogP contribution < -0.4 is 10.6 Å². The Morgan fingerprint density at radius 1 is 1.39 bits per heavy atom. The van der Waals surface area contributed by atoms with Crippen LogP contribution in [0, 0.1) is 0 Å². The molecule has 1 saturated heterocycles. The average molecular weight is 339 g/mol. The van der Waals surface area contributed by atoms with E-state index in [-0.39, 0.29) is 24.2 Å². The molecular weight excluding hydrogens is 314 g/mol. The van der Waals surface area contributed by atoms with Crippen molar-refractivity contribution in [3.63, 3.8) is 0 Å². The summed E-state index contributed by atoms with van der Waals surface area (Å²) in [6, 6.07) is 4.04. The van der Waals surface area contributed by atoms with Gasteiger partial charge in [-0.25, -0.2) is 9.59 Å². The highest BCUT2D eigenvalue weighted by Crippen LogP contribution is 2.21. The van der Waals surface area contributed by atoms with Crippen LogP contribution in [0.3, 0.4) is 0 Å². The summed E-state index contributed by atoms with van der Waals surface area (Å²) in [5.74, 6) is 0. The second-order valence-electron chi connectivity index (χ2n) is 5.55. The van der Waals surface area contributed by atoms with Gasteiger partial charge in [-0.15, -0.1) is 11.3 Å². The smallest absolute Gasteiger partial charge is 0.409 e.